The van der Waals surface area contributed by atoms with Crippen LogP contribution in [0.3, 0.4) is 0 Å². The first-order valence-corrected chi connectivity index (χ1v) is 8.06. The number of aliphatic imine (C=N–C) groups is 1. The Balaban J connectivity index is 1.56. The van der Waals surface area contributed by atoms with Crippen molar-refractivity contribution in [2.45, 2.75) is 19.3 Å². The molecule has 2 aromatic rings. The Morgan fingerprint density at radius 3 is 2.42 bits per heavy atom. The lowest BCUT2D eigenvalue weighted by molar-refractivity contribution is -0.141. The van der Waals surface area contributed by atoms with Gasteiger partial charge in [-0.3, -0.25) is 0 Å². The lowest BCUT2D eigenvalue weighted by atomic mass is 10.3. The first-order chi connectivity index (χ1) is 12.4. The number of halogens is 3. The van der Waals surface area contributed by atoms with Crippen LogP contribution >= 0.6 is 0 Å². The van der Waals surface area contributed by atoms with Crippen molar-refractivity contribution in [1.29, 1.82) is 0 Å². The maximum atomic E-state index is 12.5. The fraction of sp³-hybridized carbons (Fsp3) is 0.467. The van der Waals surface area contributed by atoms with Crippen molar-refractivity contribution in [1.82, 2.24) is 24.4 Å². The third kappa shape index (κ3) is 4.61. The number of hydrogen-bond acceptors (Lipinski definition) is 5. The van der Waals surface area contributed by atoms with Crippen molar-refractivity contribution < 1.29 is 13.2 Å². The summed E-state index contributed by atoms with van der Waals surface area (Å²) in [5.41, 5.74) is 5.99. The molecule has 11 heteroatoms. The third-order valence-electron chi connectivity index (χ3n) is 3.97. The van der Waals surface area contributed by atoms with Crippen LogP contribution in [-0.4, -0.2) is 62.7 Å². The quantitative estimate of drug-likeness (QED) is 0.637. The summed E-state index contributed by atoms with van der Waals surface area (Å²) in [6, 6.07) is 1.76. The van der Waals surface area contributed by atoms with Gasteiger partial charge in [-0.15, -0.1) is 0 Å². The van der Waals surface area contributed by atoms with Gasteiger partial charge in [-0.25, -0.2) is 19.9 Å². The molecule has 2 aromatic heterocycles. The summed E-state index contributed by atoms with van der Waals surface area (Å²) >= 11 is 0. The number of piperazine rings is 1. The largest absolute Gasteiger partial charge is 0.406 e. The van der Waals surface area contributed by atoms with E-state index in [1.54, 1.807) is 18.5 Å². The molecule has 0 spiro atoms. The number of hydrogen-bond donors (Lipinski definition) is 1. The molecular weight excluding hydrogens is 349 g/mol. The second-order valence-corrected chi connectivity index (χ2v) is 5.78. The van der Waals surface area contributed by atoms with Gasteiger partial charge in [0, 0.05) is 51.0 Å². The fourth-order valence-corrected chi connectivity index (χ4v) is 2.67. The van der Waals surface area contributed by atoms with Gasteiger partial charge in [0.25, 0.3) is 0 Å². The molecule has 0 aromatic carbocycles. The second kappa shape index (κ2) is 7.58. The molecule has 26 heavy (non-hydrogen) atoms. The predicted molar refractivity (Wildman–Crippen MR) is 89.4 cm³/mol. The molecule has 1 aliphatic heterocycles. The van der Waals surface area contributed by atoms with Crippen molar-refractivity contribution in [2.24, 2.45) is 10.7 Å². The van der Waals surface area contributed by atoms with Crippen LogP contribution in [0.15, 0.2) is 35.8 Å². The van der Waals surface area contributed by atoms with Crippen LogP contribution in [0.25, 0.3) is 0 Å². The summed E-state index contributed by atoms with van der Waals surface area (Å²) in [7, 11) is 0. The summed E-state index contributed by atoms with van der Waals surface area (Å²) in [5.74, 6) is 1.18. The molecule has 0 amide bonds. The van der Waals surface area contributed by atoms with Crippen molar-refractivity contribution in [2.75, 3.05) is 31.1 Å². The normalized spacial score (nSPS) is 16.2. The summed E-state index contributed by atoms with van der Waals surface area (Å²) in [4.78, 5) is 20.5. The van der Waals surface area contributed by atoms with E-state index in [0.717, 1.165) is 4.57 Å². The molecule has 2 N–H and O–H groups in total. The number of alkyl halides is 3. The number of nitrogens with two attached hydrogens (primary N) is 1. The highest BCUT2D eigenvalue weighted by molar-refractivity contribution is 5.78. The van der Waals surface area contributed by atoms with Crippen molar-refractivity contribution in [3.8, 4) is 0 Å². The molecule has 140 valence electrons. The Labute approximate surface area is 148 Å². The second-order valence-electron chi connectivity index (χ2n) is 5.78. The zero-order chi connectivity index (χ0) is 18.6. The van der Waals surface area contributed by atoms with Gasteiger partial charge in [-0.1, -0.05) is 0 Å². The molecular formula is C15H19F3N8. The van der Waals surface area contributed by atoms with Gasteiger partial charge in [-0.05, 0) is 6.07 Å². The Morgan fingerprint density at radius 2 is 1.77 bits per heavy atom. The van der Waals surface area contributed by atoms with Gasteiger partial charge in [0.1, 0.15) is 18.9 Å². The first-order valence-electron chi connectivity index (χ1n) is 8.06. The highest BCUT2D eigenvalue weighted by Crippen LogP contribution is 2.18. The highest BCUT2D eigenvalue weighted by Gasteiger charge is 2.28. The molecule has 0 saturated carbocycles. The van der Waals surface area contributed by atoms with E-state index in [2.05, 4.69) is 19.9 Å². The van der Waals surface area contributed by atoms with Crippen molar-refractivity contribution in [3.63, 3.8) is 0 Å². The van der Waals surface area contributed by atoms with Gasteiger partial charge in [0.05, 0.1) is 0 Å². The number of nitrogens with zero attached hydrogens (tertiary/aromatic N) is 7. The maximum Gasteiger partial charge on any atom is 0.406 e. The molecule has 0 bridgehead atoms. The average Bonchev–Trinajstić information content (AvgIpc) is 3.05. The first kappa shape index (κ1) is 18.0. The minimum absolute atomic E-state index is 0.00305. The van der Waals surface area contributed by atoms with Crippen LogP contribution in [0.4, 0.5) is 19.1 Å². The molecule has 1 saturated heterocycles. The minimum atomic E-state index is -4.31. The van der Waals surface area contributed by atoms with Gasteiger partial charge in [0.2, 0.25) is 5.95 Å². The molecule has 0 unspecified atom stereocenters. The summed E-state index contributed by atoms with van der Waals surface area (Å²) in [6.07, 6.45) is 1.68. The Hall–Kier alpha value is -2.85. The monoisotopic (exact) mass is 368 g/mol. The minimum Gasteiger partial charge on any atom is -0.370 e. The number of rotatable bonds is 4. The third-order valence-corrected chi connectivity index (χ3v) is 3.97. The van der Waals surface area contributed by atoms with Crippen LogP contribution in [0.5, 0.6) is 0 Å². The molecule has 1 aliphatic rings. The van der Waals surface area contributed by atoms with E-state index in [1.165, 1.54) is 12.4 Å². The highest BCUT2D eigenvalue weighted by atomic mass is 19.4. The smallest absolute Gasteiger partial charge is 0.370 e. The van der Waals surface area contributed by atoms with E-state index in [4.69, 9.17) is 5.73 Å². The molecule has 8 nitrogen and oxygen atoms in total. The Bertz CT molecular complexity index is 735. The molecule has 0 radical (unpaired) electrons. The van der Waals surface area contributed by atoms with Gasteiger partial charge >= 0.3 is 6.18 Å². The lowest BCUT2D eigenvalue weighted by Crippen LogP contribution is -2.51. The van der Waals surface area contributed by atoms with Gasteiger partial charge in [-0.2, -0.15) is 13.2 Å². The van der Waals surface area contributed by atoms with E-state index in [9.17, 15) is 13.2 Å². The summed E-state index contributed by atoms with van der Waals surface area (Å²) in [5, 5.41) is 0. The average molecular weight is 368 g/mol. The summed E-state index contributed by atoms with van der Waals surface area (Å²) < 4.78 is 38.6. The predicted octanol–water partition coefficient (Wildman–Crippen LogP) is 0.872. The molecule has 0 aliphatic carbocycles. The zero-order valence-electron chi connectivity index (χ0n) is 14.0. The van der Waals surface area contributed by atoms with Crippen molar-refractivity contribution >= 4 is 11.9 Å². The van der Waals surface area contributed by atoms with Crippen LogP contribution in [-0.2, 0) is 13.1 Å². The van der Waals surface area contributed by atoms with Crippen LogP contribution in [0.2, 0.25) is 0 Å². The molecule has 3 rings (SSSR count). The Morgan fingerprint density at radius 1 is 1.08 bits per heavy atom. The van der Waals surface area contributed by atoms with E-state index >= 15 is 0 Å². The van der Waals surface area contributed by atoms with E-state index < -0.39 is 12.7 Å². The molecule has 0 atom stereocenters. The van der Waals surface area contributed by atoms with Crippen LogP contribution in [0, 0.1) is 0 Å². The number of aromatic nitrogens is 4. The zero-order valence-corrected chi connectivity index (χ0v) is 14.0. The number of imidazole rings is 1. The SMILES string of the molecule is NC(=NCc1nccn1CC(F)(F)F)N1CCN(c2ncccn2)CC1. The standard InChI is InChI=1S/C15H19F3N8/c16-15(17,18)11-26-5-4-20-12(26)10-23-13(19)24-6-8-25(9-7-24)14-21-2-1-3-22-14/h1-5H,6-11H2,(H2,19,23). The molecule has 3 heterocycles. The maximum absolute atomic E-state index is 12.5. The lowest BCUT2D eigenvalue weighted by Gasteiger charge is -2.35. The van der Waals surface area contributed by atoms with Crippen molar-refractivity contribution in [3.05, 3.63) is 36.7 Å². The van der Waals surface area contributed by atoms with E-state index in [0.29, 0.717) is 38.1 Å². The fourth-order valence-electron chi connectivity index (χ4n) is 2.67. The topological polar surface area (TPSA) is 88.5 Å². The van der Waals surface area contributed by atoms with Crippen LogP contribution < -0.4 is 10.6 Å². The van der Waals surface area contributed by atoms with E-state index in [1.807, 2.05) is 9.80 Å². The van der Waals surface area contributed by atoms with Crippen LogP contribution in [0.1, 0.15) is 5.82 Å². The Kier molecular flexibility index (Phi) is 5.24. The van der Waals surface area contributed by atoms with Gasteiger partial charge in [0.15, 0.2) is 5.96 Å². The van der Waals surface area contributed by atoms with E-state index in [-0.39, 0.29) is 12.4 Å². The number of anilines is 1. The summed E-state index contributed by atoms with van der Waals surface area (Å²) in [6.45, 7) is 1.53. The molecule has 1 fully saturated rings. The number of guanidine groups is 1. The van der Waals surface area contributed by atoms with Gasteiger partial charge < -0.3 is 20.1 Å².